The van der Waals surface area contributed by atoms with E-state index in [4.69, 9.17) is 0 Å². The van der Waals surface area contributed by atoms with Gasteiger partial charge >= 0.3 is 0 Å². The van der Waals surface area contributed by atoms with Crippen LogP contribution in [0.4, 0.5) is 0 Å². The van der Waals surface area contributed by atoms with Crippen molar-refractivity contribution in [3.63, 3.8) is 0 Å². The van der Waals surface area contributed by atoms with Crippen molar-refractivity contribution in [2.45, 2.75) is 19.3 Å². The van der Waals surface area contributed by atoms with Crippen molar-refractivity contribution in [2.75, 3.05) is 20.1 Å². The van der Waals surface area contributed by atoms with E-state index >= 15 is 0 Å². The summed E-state index contributed by atoms with van der Waals surface area (Å²) in [5, 5.41) is 0. The molecule has 0 aromatic carbocycles. The van der Waals surface area contributed by atoms with Gasteiger partial charge in [0, 0.05) is 0 Å². The molecule has 1 heterocycles. The third-order valence-electron chi connectivity index (χ3n) is 2.98. The normalized spacial score (nSPS) is 30.5. The molecule has 0 aromatic heterocycles. The van der Waals surface area contributed by atoms with Gasteiger partial charge in [0.25, 0.3) is 0 Å². The topological polar surface area (TPSA) is 3.24 Å². The van der Waals surface area contributed by atoms with Crippen LogP contribution in [0.2, 0.25) is 0 Å². The summed E-state index contributed by atoms with van der Waals surface area (Å²) >= 11 is 0. The third kappa shape index (κ3) is 0.891. The van der Waals surface area contributed by atoms with Crippen LogP contribution >= 0.6 is 0 Å². The van der Waals surface area contributed by atoms with Crippen molar-refractivity contribution in [2.24, 2.45) is 5.41 Å². The Morgan fingerprint density at radius 3 is 2.30 bits per heavy atom. The first kappa shape index (κ1) is 6.41. The van der Waals surface area contributed by atoms with Crippen LogP contribution in [0.3, 0.4) is 0 Å². The van der Waals surface area contributed by atoms with Gasteiger partial charge in [0.2, 0.25) is 0 Å². The monoisotopic (exact) mass is 137 g/mol. The molecule has 0 atom stereocenters. The van der Waals surface area contributed by atoms with E-state index in [2.05, 4.69) is 24.1 Å². The summed E-state index contributed by atoms with van der Waals surface area (Å²) in [5.74, 6) is 0. The molecule has 10 heavy (non-hydrogen) atoms. The molecule has 1 saturated heterocycles. The number of rotatable bonds is 0. The van der Waals surface area contributed by atoms with Crippen LogP contribution in [0.25, 0.3) is 0 Å². The van der Waals surface area contributed by atoms with E-state index in [1.165, 1.54) is 32.4 Å². The number of nitrogens with zero attached hydrogens (tertiary/aromatic N) is 1. The van der Waals surface area contributed by atoms with E-state index in [1.807, 2.05) is 0 Å². The van der Waals surface area contributed by atoms with Crippen LogP contribution in [0.1, 0.15) is 19.3 Å². The molecule has 1 nitrogen and oxygen atoms in total. The minimum absolute atomic E-state index is 0.659. The largest absolute Gasteiger partial charge is 0.306 e. The van der Waals surface area contributed by atoms with E-state index in [1.54, 1.807) is 0 Å². The lowest BCUT2D eigenvalue weighted by Crippen LogP contribution is -2.38. The number of piperidine rings is 1. The summed E-state index contributed by atoms with van der Waals surface area (Å²) < 4.78 is 0. The molecular weight excluding hydrogens is 122 g/mol. The maximum Gasteiger partial charge on any atom is -0.00134 e. The smallest absolute Gasteiger partial charge is 0.00134 e. The Kier molecular flexibility index (Phi) is 1.34. The van der Waals surface area contributed by atoms with Gasteiger partial charge in [-0.25, -0.2) is 0 Å². The van der Waals surface area contributed by atoms with Gasteiger partial charge in [-0.1, -0.05) is 12.2 Å². The quantitative estimate of drug-likeness (QED) is 0.459. The van der Waals surface area contributed by atoms with Crippen LogP contribution < -0.4 is 0 Å². The van der Waals surface area contributed by atoms with Crippen LogP contribution in [-0.2, 0) is 0 Å². The van der Waals surface area contributed by atoms with Crippen molar-refractivity contribution < 1.29 is 0 Å². The lowest BCUT2D eigenvalue weighted by Gasteiger charge is -2.42. The molecule has 1 spiro atoms. The van der Waals surface area contributed by atoms with Crippen LogP contribution in [0.5, 0.6) is 0 Å². The molecule has 1 aliphatic carbocycles. The highest BCUT2D eigenvalue weighted by Gasteiger charge is 2.33. The predicted molar refractivity (Wildman–Crippen MR) is 42.9 cm³/mol. The molecule has 0 amide bonds. The average Bonchev–Trinajstić information content (AvgIpc) is 1.86. The number of hydrogen-bond donors (Lipinski definition) is 0. The van der Waals surface area contributed by atoms with Crippen LogP contribution in [0, 0.1) is 5.41 Å². The lowest BCUT2D eigenvalue weighted by molar-refractivity contribution is 0.153. The molecule has 2 aliphatic rings. The Morgan fingerprint density at radius 1 is 1.30 bits per heavy atom. The first-order valence-electron chi connectivity index (χ1n) is 4.17. The zero-order chi connectivity index (χ0) is 7.03. The Balaban J connectivity index is 1.97. The molecule has 0 unspecified atom stereocenters. The van der Waals surface area contributed by atoms with Crippen molar-refractivity contribution in [3.8, 4) is 0 Å². The van der Waals surface area contributed by atoms with Gasteiger partial charge in [0.05, 0.1) is 0 Å². The van der Waals surface area contributed by atoms with Crippen molar-refractivity contribution >= 4 is 0 Å². The number of hydrogen-bond acceptors (Lipinski definition) is 1. The van der Waals surface area contributed by atoms with E-state index < -0.39 is 0 Å². The van der Waals surface area contributed by atoms with Crippen molar-refractivity contribution in [3.05, 3.63) is 12.2 Å². The molecule has 0 N–H and O–H groups in total. The van der Waals surface area contributed by atoms with Crippen molar-refractivity contribution in [1.82, 2.24) is 4.90 Å². The van der Waals surface area contributed by atoms with Gasteiger partial charge < -0.3 is 4.90 Å². The van der Waals surface area contributed by atoms with Gasteiger partial charge in [0.1, 0.15) is 0 Å². The molecule has 0 radical (unpaired) electrons. The second-order valence-electron chi connectivity index (χ2n) is 3.77. The predicted octanol–water partition coefficient (Wildman–Crippen LogP) is 1.66. The SMILES string of the molecule is CN1CCC2(C=CC2)CC1. The molecule has 56 valence electrons. The Bertz CT molecular complexity index is 152. The molecule has 0 bridgehead atoms. The third-order valence-corrected chi connectivity index (χ3v) is 2.98. The highest BCUT2D eigenvalue weighted by atomic mass is 15.1. The van der Waals surface area contributed by atoms with Crippen LogP contribution in [0.15, 0.2) is 12.2 Å². The molecule has 1 fully saturated rings. The first-order valence-corrected chi connectivity index (χ1v) is 4.17. The van der Waals surface area contributed by atoms with E-state index in [-0.39, 0.29) is 0 Å². The molecular formula is C9H15N. The zero-order valence-electron chi connectivity index (χ0n) is 6.64. The maximum absolute atomic E-state index is 2.43. The average molecular weight is 137 g/mol. The fourth-order valence-electron chi connectivity index (χ4n) is 1.89. The first-order chi connectivity index (χ1) is 4.81. The summed E-state index contributed by atoms with van der Waals surface area (Å²) in [6, 6.07) is 0. The van der Waals surface area contributed by atoms with Gasteiger partial charge in [-0.2, -0.15) is 0 Å². The summed E-state index contributed by atoms with van der Waals surface area (Å²) in [6.07, 6.45) is 8.85. The summed E-state index contributed by atoms with van der Waals surface area (Å²) in [4.78, 5) is 2.43. The van der Waals surface area contributed by atoms with E-state index in [0.29, 0.717) is 5.41 Å². The Morgan fingerprint density at radius 2 is 1.90 bits per heavy atom. The maximum atomic E-state index is 2.43. The summed E-state index contributed by atoms with van der Waals surface area (Å²) in [5.41, 5.74) is 0.659. The fourth-order valence-corrected chi connectivity index (χ4v) is 1.89. The molecule has 2 rings (SSSR count). The molecule has 1 aliphatic heterocycles. The Hall–Kier alpha value is -0.300. The van der Waals surface area contributed by atoms with Gasteiger partial charge in [-0.05, 0) is 44.8 Å². The van der Waals surface area contributed by atoms with Crippen LogP contribution in [-0.4, -0.2) is 25.0 Å². The molecule has 0 saturated carbocycles. The second-order valence-corrected chi connectivity index (χ2v) is 3.77. The standard InChI is InChI=1S/C9H15N/c1-10-7-5-9(6-8-10)3-2-4-9/h2-3H,4-8H2,1H3. The minimum atomic E-state index is 0.659. The number of likely N-dealkylation sites (tertiary alicyclic amines) is 1. The highest BCUT2D eigenvalue weighted by molar-refractivity contribution is 5.14. The second kappa shape index (κ2) is 2.09. The van der Waals surface area contributed by atoms with E-state index in [0.717, 1.165) is 0 Å². The number of allylic oxidation sites excluding steroid dienone is 2. The highest BCUT2D eigenvalue weighted by Crippen LogP contribution is 2.42. The van der Waals surface area contributed by atoms with Gasteiger partial charge in [-0.15, -0.1) is 0 Å². The van der Waals surface area contributed by atoms with Gasteiger partial charge in [-0.3, -0.25) is 0 Å². The summed E-state index contributed by atoms with van der Waals surface area (Å²) in [6.45, 7) is 2.59. The fraction of sp³-hybridized carbons (Fsp3) is 0.778. The Labute approximate surface area is 62.7 Å². The summed E-state index contributed by atoms with van der Waals surface area (Å²) in [7, 11) is 2.22. The van der Waals surface area contributed by atoms with Crippen molar-refractivity contribution in [1.29, 1.82) is 0 Å². The molecule has 1 heteroatoms. The van der Waals surface area contributed by atoms with E-state index in [9.17, 15) is 0 Å². The zero-order valence-corrected chi connectivity index (χ0v) is 6.64. The minimum Gasteiger partial charge on any atom is -0.306 e. The molecule has 0 aromatic rings. The van der Waals surface area contributed by atoms with Gasteiger partial charge in [0.15, 0.2) is 0 Å². The lowest BCUT2D eigenvalue weighted by atomic mass is 9.69.